The van der Waals surface area contributed by atoms with Crippen LogP contribution in [0.25, 0.3) is 6.08 Å². The SMILES string of the molecule is O=C(/C=C/c1ccccc1)O[C@H]1CCN2C[C@@H]3C[C@H](CN4C(=O)CCC[C@H]34)[C@@H]2C1. The first-order chi connectivity index (χ1) is 14.2. The van der Waals surface area contributed by atoms with Crippen molar-refractivity contribution >= 4 is 18.0 Å². The zero-order chi connectivity index (χ0) is 19.8. The molecule has 29 heavy (non-hydrogen) atoms. The van der Waals surface area contributed by atoms with Crippen LogP contribution >= 0.6 is 0 Å². The molecule has 5 nitrogen and oxygen atoms in total. The predicted molar refractivity (Wildman–Crippen MR) is 111 cm³/mol. The summed E-state index contributed by atoms with van der Waals surface area (Å²) in [7, 11) is 0. The Morgan fingerprint density at radius 2 is 1.86 bits per heavy atom. The first-order valence-corrected chi connectivity index (χ1v) is 11.1. The second-order valence-corrected chi connectivity index (χ2v) is 9.15. The second kappa shape index (κ2) is 7.94. The minimum Gasteiger partial charge on any atom is -0.459 e. The van der Waals surface area contributed by atoms with Crippen molar-refractivity contribution in [1.29, 1.82) is 0 Å². The highest BCUT2D eigenvalue weighted by Crippen LogP contribution is 2.43. The molecular weight excluding hydrogens is 364 g/mol. The van der Waals surface area contributed by atoms with Crippen LogP contribution in [0.3, 0.4) is 0 Å². The average molecular weight is 395 g/mol. The van der Waals surface area contributed by atoms with E-state index in [2.05, 4.69) is 9.80 Å². The van der Waals surface area contributed by atoms with Gasteiger partial charge in [0.15, 0.2) is 0 Å². The molecule has 5 rings (SSSR count). The number of rotatable bonds is 3. The van der Waals surface area contributed by atoms with Gasteiger partial charge in [-0.1, -0.05) is 30.3 Å². The van der Waals surface area contributed by atoms with Crippen molar-refractivity contribution in [3.8, 4) is 0 Å². The molecule has 0 spiro atoms. The van der Waals surface area contributed by atoms with E-state index in [9.17, 15) is 9.59 Å². The Hall–Kier alpha value is -2.14. The van der Waals surface area contributed by atoms with Gasteiger partial charge in [0.05, 0.1) is 0 Å². The van der Waals surface area contributed by atoms with Crippen molar-refractivity contribution in [2.24, 2.45) is 11.8 Å². The van der Waals surface area contributed by atoms with Gasteiger partial charge in [-0.2, -0.15) is 0 Å². The van der Waals surface area contributed by atoms with Crippen LogP contribution in [0.2, 0.25) is 0 Å². The van der Waals surface area contributed by atoms with Crippen molar-refractivity contribution in [2.75, 3.05) is 19.6 Å². The number of carbonyl (C=O) groups excluding carboxylic acids is 2. The molecule has 2 bridgehead atoms. The van der Waals surface area contributed by atoms with E-state index in [4.69, 9.17) is 4.74 Å². The average Bonchev–Trinajstić information content (AvgIpc) is 2.74. The van der Waals surface area contributed by atoms with Gasteiger partial charge in [0.25, 0.3) is 0 Å². The molecule has 0 aromatic heterocycles. The van der Waals surface area contributed by atoms with Gasteiger partial charge in [0.1, 0.15) is 6.10 Å². The van der Waals surface area contributed by atoms with Gasteiger partial charge in [-0.25, -0.2) is 4.79 Å². The predicted octanol–water partition coefficient (Wildman–Crippen LogP) is 3.11. The highest BCUT2D eigenvalue weighted by Gasteiger charge is 2.49. The highest BCUT2D eigenvalue weighted by atomic mass is 16.5. The first-order valence-electron chi connectivity index (χ1n) is 11.1. The molecule has 4 aliphatic rings. The normalized spacial score (nSPS) is 34.6. The number of fused-ring (bicyclic) bond motifs is 6. The Morgan fingerprint density at radius 3 is 2.72 bits per heavy atom. The van der Waals surface area contributed by atoms with E-state index >= 15 is 0 Å². The van der Waals surface area contributed by atoms with Crippen LogP contribution in [0, 0.1) is 11.8 Å². The van der Waals surface area contributed by atoms with Crippen LogP contribution in [0.4, 0.5) is 0 Å². The lowest BCUT2D eigenvalue weighted by atomic mass is 9.70. The van der Waals surface area contributed by atoms with Crippen LogP contribution in [0.1, 0.15) is 44.1 Å². The third-order valence-corrected chi connectivity index (χ3v) is 7.41. The smallest absolute Gasteiger partial charge is 0.331 e. The number of benzene rings is 1. The van der Waals surface area contributed by atoms with Gasteiger partial charge in [0, 0.05) is 50.6 Å². The summed E-state index contributed by atoms with van der Waals surface area (Å²) in [6.07, 6.45) is 9.32. The van der Waals surface area contributed by atoms with Gasteiger partial charge >= 0.3 is 5.97 Å². The van der Waals surface area contributed by atoms with E-state index < -0.39 is 0 Å². The summed E-state index contributed by atoms with van der Waals surface area (Å²) in [5.74, 6) is 1.25. The van der Waals surface area contributed by atoms with Gasteiger partial charge in [-0.05, 0) is 49.2 Å². The molecule has 0 N–H and O–H groups in total. The molecule has 4 aliphatic heterocycles. The molecule has 4 heterocycles. The Morgan fingerprint density at radius 1 is 1.03 bits per heavy atom. The minimum atomic E-state index is -0.254. The van der Waals surface area contributed by atoms with Crippen LogP contribution in [-0.2, 0) is 14.3 Å². The summed E-state index contributed by atoms with van der Waals surface area (Å²) in [5.41, 5.74) is 1.00. The maximum atomic E-state index is 12.5. The quantitative estimate of drug-likeness (QED) is 0.584. The monoisotopic (exact) mass is 394 g/mol. The van der Waals surface area contributed by atoms with Gasteiger partial charge in [-0.15, -0.1) is 0 Å². The molecule has 5 atom stereocenters. The Bertz CT molecular complexity index is 793. The number of nitrogens with zero attached hydrogens (tertiary/aromatic N) is 2. The van der Waals surface area contributed by atoms with E-state index in [1.807, 2.05) is 36.4 Å². The Kier molecular flexibility index (Phi) is 5.17. The molecule has 0 unspecified atom stereocenters. The number of ether oxygens (including phenoxy) is 1. The van der Waals surface area contributed by atoms with Gasteiger partial charge in [0.2, 0.25) is 5.91 Å². The largest absolute Gasteiger partial charge is 0.459 e. The molecule has 1 aromatic carbocycles. The first kappa shape index (κ1) is 18.9. The summed E-state index contributed by atoms with van der Waals surface area (Å²) in [5, 5.41) is 0. The van der Waals surface area contributed by atoms with Gasteiger partial charge < -0.3 is 9.64 Å². The van der Waals surface area contributed by atoms with Crippen molar-refractivity contribution in [3.05, 3.63) is 42.0 Å². The fourth-order valence-corrected chi connectivity index (χ4v) is 6.09. The maximum absolute atomic E-state index is 12.5. The second-order valence-electron chi connectivity index (χ2n) is 9.15. The van der Waals surface area contributed by atoms with Crippen molar-refractivity contribution in [3.63, 3.8) is 0 Å². The molecule has 0 radical (unpaired) electrons. The van der Waals surface area contributed by atoms with E-state index in [0.29, 0.717) is 29.8 Å². The zero-order valence-corrected chi connectivity index (χ0v) is 16.9. The lowest BCUT2D eigenvalue weighted by Crippen LogP contribution is -2.65. The van der Waals surface area contributed by atoms with Crippen molar-refractivity contribution < 1.29 is 14.3 Å². The Labute approximate surface area is 172 Å². The molecular formula is C24H30N2O3. The molecule has 0 aliphatic carbocycles. The third-order valence-electron chi connectivity index (χ3n) is 7.41. The van der Waals surface area contributed by atoms with Gasteiger partial charge in [-0.3, -0.25) is 9.69 Å². The molecule has 154 valence electrons. The summed E-state index contributed by atoms with van der Waals surface area (Å²) >= 11 is 0. The van der Waals surface area contributed by atoms with Crippen LogP contribution < -0.4 is 0 Å². The Balaban J connectivity index is 1.21. The standard InChI is InChI=1S/C24H30N2O3/c27-23-8-4-7-21-18-13-19(16-26(21)23)22-14-20(11-12-25(22)15-18)29-24(28)10-9-17-5-2-1-3-6-17/h1-3,5-6,9-10,18-22H,4,7-8,11-16H2/b10-9+/t18-,19+,20-,21+,22-/m0/s1. The summed E-state index contributed by atoms with van der Waals surface area (Å²) < 4.78 is 5.79. The number of amides is 1. The lowest BCUT2D eigenvalue weighted by Gasteiger charge is -2.57. The van der Waals surface area contributed by atoms with Crippen molar-refractivity contribution in [1.82, 2.24) is 9.80 Å². The summed E-state index contributed by atoms with van der Waals surface area (Å²) in [4.78, 5) is 29.6. The van der Waals surface area contributed by atoms with E-state index in [0.717, 1.165) is 50.9 Å². The third kappa shape index (κ3) is 3.85. The van der Waals surface area contributed by atoms with E-state index in [-0.39, 0.29) is 12.1 Å². The topological polar surface area (TPSA) is 49.9 Å². The number of carbonyl (C=O) groups is 2. The van der Waals surface area contributed by atoms with Crippen LogP contribution in [0.5, 0.6) is 0 Å². The van der Waals surface area contributed by atoms with Crippen LogP contribution in [-0.4, -0.2) is 59.5 Å². The zero-order valence-electron chi connectivity index (χ0n) is 16.9. The molecule has 0 saturated carbocycles. The minimum absolute atomic E-state index is 0.0181. The fraction of sp³-hybridized carbons (Fsp3) is 0.583. The summed E-state index contributed by atoms with van der Waals surface area (Å²) in [6.45, 7) is 3.00. The molecule has 1 amide bonds. The summed E-state index contributed by atoms with van der Waals surface area (Å²) in [6, 6.07) is 10.7. The maximum Gasteiger partial charge on any atom is 0.331 e. The molecule has 5 heteroatoms. The van der Waals surface area contributed by atoms with E-state index in [1.54, 1.807) is 0 Å². The lowest BCUT2D eigenvalue weighted by molar-refractivity contribution is -0.155. The molecule has 4 saturated heterocycles. The molecule has 4 fully saturated rings. The number of hydrogen-bond acceptors (Lipinski definition) is 4. The van der Waals surface area contributed by atoms with E-state index in [1.165, 1.54) is 18.9 Å². The van der Waals surface area contributed by atoms with Crippen LogP contribution in [0.15, 0.2) is 36.4 Å². The number of piperidine rings is 4. The molecule has 1 aromatic rings. The fourth-order valence-electron chi connectivity index (χ4n) is 6.09. The highest BCUT2D eigenvalue weighted by molar-refractivity contribution is 5.87. The number of esters is 1. The number of hydrogen-bond donors (Lipinski definition) is 0. The van der Waals surface area contributed by atoms with Crippen molar-refractivity contribution in [2.45, 2.75) is 56.7 Å².